The van der Waals surface area contributed by atoms with Crippen LogP contribution in [-0.2, 0) is 5.75 Å². The standard InChI is InChI=1S/C18H18N4S/c1-14-7-9-16(10-8-14)12-23-18-21-19-13-22(18)20-11-17-6-4-3-5-15(17)2/h3-11,13H,12H2,1-2H3/b20-11-. The van der Waals surface area contributed by atoms with Gasteiger partial charge in [0, 0.05) is 5.75 Å². The molecule has 0 saturated carbocycles. The first-order valence-electron chi connectivity index (χ1n) is 7.41. The first-order valence-corrected chi connectivity index (χ1v) is 8.39. The minimum atomic E-state index is 0.787. The normalized spacial score (nSPS) is 11.2. The van der Waals surface area contributed by atoms with Crippen LogP contribution in [-0.4, -0.2) is 21.1 Å². The number of aromatic nitrogens is 3. The van der Waals surface area contributed by atoms with Crippen molar-refractivity contribution in [1.29, 1.82) is 0 Å². The van der Waals surface area contributed by atoms with Gasteiger partial charge in [0.2, 0.25) is 5.16 Å². The number of thioether (sulfide) groups is 1. The van der Waals surface area contributed by atoms with Crippen LogP contribution in [0.3, 0.4) is 0 Å². The number of benzene rings is 2. The van der Waals surface area contributed by atoms with Crippen LogP contribution in [0.4, 0.5) is 0 Å². The fraction of sp³-hybridized carbons (Fsp3) is 0.167. The summed E-state index contributed by atoms with van der Waals surface area (Å²) < 4.78 is 1.71. The lowest BCUT2D eigenvalue weighted by molar-refractivity contribution is 0.767. The van der Waals surface area contributed by atoms with Crippen molar-refractivity contribution in [2.75, 3.05) is 0 Å². The summed E-state index contributed by atoms with van der Waals surface area (Å²) in [5, 5.41) is 13.4. The Morgan fingerprint density at radius 3 is 2.65 bits per heavy atom. The molecule has 1 heterocycles. The summed E-state index contributed by atoms with van der Waals surface area (Å²) in [6.45, 7) is 4.16. The third-order valence-electron chi connectivity index (χ3n) is 3.50. The molecule has 0 aliphatic carbocycles. The first kappa shape index (κ1) is 15.5. The molecular formula is C18H18N4S. The number of aryl methyl sites for hydroxylation is 2. The van der Waals surface area contributed by atoms with Crippen LogP contribution in [0.1, 0.15) is 22.3 Å². The zero-order valence-electron chi connectivity index (χ0n) is 13.2. The topological polar surface area (TPSA) is 43.1 Å². The largest absolute Gasteiger partial charge is 0.212 e. The van der Waals surface area contributed by atoms with E-state index in [1.807, 2.05) is 24.4 Å². The Hall–Kier alpha value is -2.40. The van der Waals surface area contributed by atoms with Crippen molar-refractivity contribution >= 4 is 18.0 Å². The molecule has 0 atom stereocenters. The second-order valence-electron chi connectivity index (χ2n) is 5.33. The Morgan fingerprint density at radius 2 is 1.87 bits per heavy atom. The van der Waals surface area contributed by atoms with Crippen LogP contribution in [0.2, 0.25) is 0 Å². The molecule has 0 saturated heterocycles. The van der Waals surface area contributed by atoms with Gasteiger partial charge in [0.05, 0.1) is 6.21 Å². The van der Waals surface area contributed by atoms with Crippen LogP contribution < -0.4 is 0 Å². The van der Waals surface area contributed by atoms with E-state index in [2.05, 4.69) is 59.5 Å². The van der Waals surface area contributed by atoms with Crippen LogP contribution in [0, 0.1) is 13.8 Å². The summed E-state index contributed by atoms with van der Waals surface area (Å²) in [6, 6.07) is 16.7. The van der Waals surface area contributed by atoms with Gasteiger partial charge in [-0.3, -0.25) is 0 Å². The van der Waals surface area contributed by atoms with Gasteiger partial charge in [-0.2, -0.15) is 9.78 Å². The average molecular weight is 322 g/mol. The molecule has 0 amide bonds. The zero-order valence-corrected chi connectivity index (χ0v) is 14.0. The van der Waals surface area contributed by atoms with Gasteiger partial charge in [-0.1, -0.05) is 65.9 Å². The summed E-state index contributed by atoms with van der Waals surface area (Å²) in [5.74, 6) is 0.846. The van der Waals surface area contributed by atoms with Crippen molar-refractivity contribution in [3.8, 4) is 0 Å². The van der Waals surface area contributed by atoms with Crippen molar-refractivity contribution in [3.63, 3.8) is 0 Å². The molecule has 2 aromatic carbocycles. The number of hydrogen-bond acceptors (Lipinski definition) is 4. The van der Waals surface area contributed by atoms with Gasteiger partial charge in [-0.15, -0.1) is 10.2 Å². The highest BCUT2D eigenvalue weighted by atomic mass is 32.2. The van der Waals surface area contributed by atoms with E-state index < -0.39 is 0 Å². The molecule has 0 bridgehead atoms. The van der Waals surface area contributed by atoms with Crippen molar-refractivity contribution in [1.82, 2.24) is 14.9 Å². The molecular weight excluding hydrogens is 304 g/mol. The second-order valence-corrected chi connectivity index (χ2v) is 6.28. The molecule has 23 heavy (non-hydrogen) atoms. The van der Waals surface area contributed by atoms with Gasteiger partial charge in [-0.25, -0.2) is 0 Å². The van der Waals surface area contributed by atoms with E-state index in [1.165, 1.54) is 16.7 Å². The van der Waals surface area contributed by atoms with Crippen LogP contribution in [0.5, 0.6) is 0 Å². The van der Waals surface area contributed by atoms with E-state index in [0.29, 0.717) is 0 Å². The molecule has 0 radical (unpaired) electrons. The van der Waals surface area contributed by atoms with Gasteiger partial charge in [0.15, 0.2) is 0 Å². The van der Waals surface area contributed by atoms with E-state index in [1.54, 1.807) is 22.8 Å². The third-order valence-corrected chi connectivity index (χ3v) is 4.50. The summed E-state index contributed by atoms with van der Waals surface area (Å²) in [7, 11) is 0. The summed E-state index contributed by atoms with van der Waals surface area (Å²) in [6.07, 6.45) is 3.47. The maximum Gasteiger partial charge on any atom is 0.212 e. The lowest BCUT2D eigenvalue weighted by Gasteiger charge is -2.02. The quantitative estimate of drug-likeness (QED) is 0.525. The lowest BCUT2D eigenvalue weighted by atomic mass is 10.1. The highest BCUT2D eigenvalue weighted by Crippen LogP contribution is 2.20. The van der Waals surface area contributed by atoms with Crippen LogP contribution in [0.25, 0.3) is 0 Å². The third kappa shape index (κ3) is 4.07. The predicted molar refractivity (Wildman–Crippen MR) is 94.9 cm³/mol. The maximum atomic E-state index is 4.47. The average Bonchev–Trinajstić information content (AvgIpc) is 3.01. The van der Waals surface area contributed by atoms with E-state index in [9.17, 15) is 0 Å². The Morgan fingerprint density at radius 1 is 1.09 bits per heavy atom. The van der Waals surface area contributed by atoms with Gasteiger partial charge >= 0.3 is 0 Å². The van der Waals surface area contributed by atoms with Crippen molar-refractivity contribution in [2.24, 2.45) is 5.10 Å². The maximum absolute atomic E-state index is 4.47. The van der Waals surface area contributed by atoms with Gasteiger partial charge < -0.3 is 0 Å². The van der Waals surface area contributed by atoms with Gasteiger partial charge in [-0.05, 0) is 30.5 Å². The molecule has 4 nitrogen and oxygen atoms in total. The minimum absolute atomic E-state index is 0.787. The molecule has 0 unspecified atom stereocenters. The van der Waals surface area contributed by atoms with Crippen LogP contribution >= 0.6 is 11.8 Å². The Bertz CT molecular complexity index is 806. The monoisotopic (exact) mass is 322 g/mol. The Balaban J connectivity index is 1.70. The van der Waals surface area contributed by atoms with Gasteiger partial charge in [0.1, 0.15) is 6.33 Å². The van der Waals surface area contributed by atoms with E-state index in [-0.39, 0.29) is 0 Å². The van der Waals surface area contributed by atoms with Crippen LogP contribution in [0.15, 0.2) is 65.1 Å². The summed E-state index contributed by atoms with van der Waals surface area (Å²) in [5.41, 5.74) is 4.82. The van der Waals surface area contributed by atoms with E-state index in [4.69, 9.17) is 0 Å². The number of nitrogens with zero attached hydrogens (tertiary/aromatic N) is 4. The molecule has 3 rings (SSSR count). The zero-order chi connectivity index (χ0) is 16.1. The Kier molecular flexibility index (Phi) is 4.88. The number of hydrogen-bond donors (Lipinski definition) is 0. The fourth-order valence-corrected chi connectivity index (χ4v) is 2.90. The molecule has 0 fully saturated rings. The lowest BCUT2D eigenvalue weighted by Crippen LogP contribution is -1.94. The van der Waals surface area contributed by atoms with E-state index in [0.717, 1.165) is 16.5 Å². The Labute approximate surface area is 140 Å². The minimum Gasteiger partial charge on any atom is -0.195 e. The molecule has 3 aromatic rings. The summed E-state index contributed by atoms with van der Waals surface area (Å²) >= 11 is 1.63. The molecule has 0 N–H and O–H groups in total. The van der Waals surface area contributed by atoms with Crippen molar-refractivity contribution < 1.29 is 0 Å². The molecule has 5 heteroatoms. The molecule has 0 aliphatic rings. The second kappa shape index (κ2) is 7.24. The molecule has 1 aromatic heterocycles. The summed E-state index contributed by atoms with van der Waals surface area (Å²) in [4.78, 5) is 0. The van der Waals surface area contributed by atoms with Gasteiger partial charge in [0.25, 0.3) is 0 Å². The molecule has 0 aliphatic heterocycles. The first-order chi connectivity index (χ1) is 11.2. The number of rotatable bonds is 5. The predicted octanol–water partition coefficient (Wildman–Crippen LogP) is 4.07. The molecule has 0 spiro atoms. The highest BCUT2D eigenvalue weighted by Gasteiger charge is 2.04. The van der Waals surface area contributed by atoms with E-state index >= 15 is 0 Å². The smallest absolute Gasteiger partial charge is 0.195 e. The SMILES string of the molecule is Cc1ccc(CSc2nncn2/N=C\c2ccccc2C)cc1. The molecule has 116 valence electrons. The highest BCUT2D eigenvalue weighted by molar-refractivity contribution is 7.98. The van der Waals surface area contributed by atoms with Crippen molar-refractivity contribution in [2.45, 2.75) is 24.8 Å². The fourth-order valence-electron chi connectivity index (χ4n) is 2.08. The van der Waals surface area contributed by atoms with Crippen molar-refractivity contribution in [3.05, 3.63) is 77.1 Å².